The van der Waals surface area contributed by atoms with Crippen molar-refractivity contribution in [3.05, 3.63) is 250 Å². The minimum Gasteiger partial charge on any atom is -0.396 e. The van der Waals surface area contributed by atoms with Crippen LogP contribution < -0.4 is 0 Å². The van der Waals surface area contributed by atoms with Crippen molar-refractivity contribution in [1.29, 1.82) is 0 Å². The first-order valence-electron chi connectivity index (χ1n) is 33.5. The number of benzene rings is 7. The van der Waals surface area contributed by atoms with E-state index in [-0.39, 0.29) is 62.2 Å². The molecule has 4 fully saturated rings. The Kier molecular flexibility index (Phi) is 35.6. The third-order valence-electron chi connectivity index (χ3n) is 18.3. The number of aliphatic hydroxyl groups is 11. The average Bonchev–Trinajstić information content (AvgIpc) is 1.73. The zero-order chi connectivity index (χ0) is 69.4. The Labute approximate surface area is 565 Å². The van der Waals surface area contributed by atoms with Crippen LogP contribution in [0.15, 0.2) is 200 Å². The van der Waals surface area contributed by atoms with Gasteiger partial charge in [0, 0.05) is 25.8 Å². The maximum atomic E-state index is 10.3. The SMILES string of the molecule is CC(CO)[C@@H]1CC[C@@H](C)C[C@H]1O.COC[C@H](O)c1ccccc1.C[C@@H]([C@H](O)c1ccccc1)N1CCCC1.C[C@H]([C@@H](O)c1ccccc1)N(C)C.Cc1ccccc1[C@H](O)[C@@H](O)c1ccccc1C.O[C@@H](c1ccccc1)[C@@H](O)c1ccccc1.O[C@@H]1CO[C@H]2[C@@H]1OC[C@H]2O. The van der Waals surface area contributed by atoms with Crippen LogP contribution in [0.25, 0.3) is 0 Å². The molecule has 1 saturated carbocycles. The van der Waals surface area contributed by atoms with E-state index >= 15 is 0 Å². The lowest BCUT2D eigenvalue weighted by Gasteiger charge is -2.34. The molecule has 16 heteroatoms. The molecule has 95 heavy (non-hydrogen) atoms. The number of hydrogen-bond acceptors (Lipinski definition) is 16. The molecule has 0 aromatic heterocycles. The second kappa shape index (κ2) is 42.6. The van der Waals surface area contributed by atoms with E-state index in [9.17, 15) is 40.9 Å². The third-order valence-corrected chi connectivity index (χ3v) is 18.3. The van der Waals surface area contributed by atoms with Gasteiger partial charge in [-0.1, -0.05) is 220 Å². The van der Waals surface area contributed by atoms with Crippen LogP contribution in [0.3, 0.4) is 0 Å². The van der Waals surface area contributed by atoms with E-state index in [2.05, 4.69) is 18.7 Å². The number of likely N-dealkylation sites (N-methyl/N-ethyl adjacent to an activating group) is 1. The molecule has 0 spiro atoms. The van der Waals surface area contributed by atoms with Crippen molar-refractivity contribution in [2.24, 2.45) is 17.8 Å². The lowest BCUT2D eigenvalue weighted by Crippen LogP contribution is -2.35. The normalized spacial score (nSPS) is 22.8. The summed E-state index contributed by atoms with van der Waals surface area (Å²) in [6.45, 7) is 15.6. The van der Waals surface area contributed by atoms with Gasteiger partial charge in [-0.25, -0.2) is 0 Å². The summed E-state index contributed by atoms with van der Waals surface area (Å²) < 4.78 is 15.0. The van der Waals surface area contributed by atoms with Crippen LogP contribution in [-0.2, 0) is 14.2 Å². The summed E-state index contributed by atoms with van der Waals surface area (Å²) in [4.78, 5) is 4.38. The van der Waals surface area contributed by atoms with Crippen molar-refractivity contribution in [2.45, 2.75) is 159 Å². The first-order chi connectivity index (χ1) is 45.6. The molecular weight excluding hydrogens is 1200 g/mol. The molecule has 0 bridgehead atoms. The van der Waals surface area contributed by atoms with Gasteiger partial charge < -0.3 is 75.3 Å². The van der Waals surface area contributed by atoms with Crippen LogP contribution in [-0.4, -0.2) is 169 Å². The molecule has 3 heterocycles. The third kappa shape index (κ3) is 25.7. The lowest BCUT2D eigenvalue weighted by molar-refractivity contribution is 0.00205. The first kappa shape index (κ1) is 79.6. The number of hydrogen-bond donors (Lipinski definition) is 11. The standard InChI is InChI=1S/C16H18O2.C14H14O2.C13H19NO.C11H17NO.C10H20O2.C9H12O2.C6H10O4/c1-11-7-3-5-9-13(11)15(17)16(18)14-10-6-4-8-12(14)2;15-13(11-7-3-1-4-8-11)14(16)12-9-5-2-6-10-12;1-11(14-9-5-6-10-14)13(15)12-7-3-2-4-8-12;1-9(12(2)3)11(13)10-7-5-4-6-8-10;1-7-3-4-9(8(2)6-11)10(12)5-7;1-11-7-9(10)8-5-3-2-4-6-8;7-3-1-9-6-4(8)2-10-5(3)6/h3-10,15-18H,1-2H3;1-10,13-16H;2-4,7-8,11,13,15H,5-6,9-10H2,1H3;4-9,11,13H,1-3H3;7-12H,3-6H2,1-2H3;2-6,9-10H,7H2,1H3;3-8H,1-2H2/t15-,16-;13-,14-;11-,13-;9-,11-;7-,8?,9+,10-;9-;3-,4-,5-,6-/m0001101/s1. The van der Waals surface area contributed by atoms with Crippen molar-refractivity contribution in [2.75, 3.05) is 60.7 Å². The van der Waals surface area contributed by atoms with Gasteiger partial charge in [-0.2, -0.15) is 0 Å². The van der Waals surface area contributed by atoms with Gasteiger partial charge >= 0.3 is 0 Å². The number of rotatable bonds is 17. The highest BCUT2D eigenvalue weighted by molar-refractivity contribution is 5.34. The fourth-order valence-electron chi connectivity index (χ4n) is 11.9. The van der Waals surface area contributed by atoms with Crippen molar-refractivity contribution >= 4 is 0 Å². The van der Waals surface area contributed by atoms with Crippen LogP contribution in [0.4, 0.5) is 0 Å². The highest BCUT2D eigenvalue weighted by Gasteiger charge is 2.46. The van der Waals surface area contributed by atoms with E-state index < -0.39 is 48.8 Å². The number of aliphatic hydroxyl groups excluding tert-OH is 11. The smallest absolute Gasteiger partial charge is 0.114 e. The van der Waals surface area contributed by atoms with Crippen LogP contribution >= 0.6 is 0 Å². The van der Waals surface area contributed by atoms with Crippen molar-refractivity contribution < 1.29 is 70.4 Å². The predicted octanol–water partition coefficient (Wildman–Crippen LogP) is 10.7. The second-order valence-electron chi connectivity index (χ2n) is 25.6. The summed E-state index contributed by atoms with van der Waals surface area (Å²) in [6, 6.07) is 63.0. The maximum Gasteiger partial charge on any atom is 0.114 e. The van der Waals surface area contributed by atoms with Crippen LogP contribution in [0.2, 0.25) is 0 Å². The molecule has 520 valence electrons. The lowest BCUT2D eigenvalue weighted by atomic mass is 9.75. The Balaban J connectivity index is 0.000000202. The van der Waals surface area contributed by atoms with Gasteiger partial charge in [-0.15, -0.1) is 0 Å². The molecular formula is C79H110N2O14. The Bertz CT molecular complexity index is 2990. The highest BCUT2D eigenvalue weighted by atomic mass is 16.6. The zero-order valence-corrected chi connectivity index (χ0v) is 57.2. The highest BCUT2D eigenvalue weighted by Crippen LogP contribution is 2.35. The fourth-order valence-corrected chi connectivity index (χ4v) is 11.9. The van der Waals surface area contributed by atoms with E-state index in [0.29, 0.717) is 18.4 Å². The summed E-state index contributed by atoms with van der Waals surface area (Å²) >= 11 is 0. The molecule has 1 unspecified atom stereocenters. The number of nitrogens with zero attached hydrogens (tertiary/aromatic N) is 2. The second-order valence-corrected chi connectivity index (χ2v) is 25.6. The molecule has 3 saturated heterocycles. The predicted molar refractivity (Wildman–Crippen MR) is 375 cm³/mol. The van der Waals surface area contributed by atoms with Gasteiger partial charge in [0.2, 0.25) is 0 Å². The van der Waals surface area contributed by atoms with Gasteiger partial charge in [0.25, 0.3) is 0 Å². The summed E-state index contributed by atoms with van der Waals surface area (Å²) in [5.41, 5.74) is 7.85. The molecule has 7 aromatic rings. The topological polar surface area (TPSA) is 257 Å². The maximum absolute atomic E-state index is 10.3. The quantitative estimate of drug-likeness (QED) is 0.0405. The number of aryl methyl sites for hydroxylation is 2. The Morgan fingerprint density at radius 2 is 0.832 bits per heavy atom. The zero-order valence-electron chi connectivity index (χ0n) is 57.2. The molecule has 16 nitrogen and oxygen atoms in total. The van der Waals surface area contributed by atoms with E-state index in [1.807, 2.05) is 223 Å². The van der Waals surface area contributed by atoms with Crippen molar-refractivity contribution in [3.63, 3.8) is 0 Å². The Morgan fingerprint density at radius 3 is 1.19 bits per heavy atom. The molecule has 17 atom stereocenters. The number of fused-ring (bicyclic) bond motifs is 1. The fraction of sp³-hybridized carbons (Fsp3) is 0.468. The minimum atomic E-state index is -0.896. The summed E-state index contributed by atoms with van der Waals surface area (Å²) in [5, 5.41) is 107. The first-order valence-corrected chi connectivity index (χ1v) is 33.5. The largest absolute Gasteiger partial charge is 0.396 e. The van der Waals surface area contributed by atoms with Crippen molar-refractivity contribution in [1.82, 2.24) is 9.80 Å². The number of likely N-dealkylation sites (tertiary alicyclic amines) is 1. The van der Waals surface area contributed by atoms with Gasteiger partial charge in [-0.05, 0) is 148 Å². The summed E-state index contributed by atoms with van der Waals surface area (Å²) in [5.74, 6) is 1.24. The van der Waals surface area contributed by atoms with E-state index in [4.69, 9.17) is 29.5 Å². The molecule has 1 aliphatic carbocycles. The van der Waals surface area contributed by atoms with E-state index in [0.717, 1.165) is 76.0 Å². The molecule has 0 radical (unpaired) electrons. The van der Waals surface area contributed by atoms with Crippen LogP contribution in [0.5, 0.6) is 0 Å². The summed E-state index contributed by atoms with van der Waals surface area (Å²) in [6.07, 6.45) is -0.985. The van der Waals surface area contributed by atoms with Gasteiger partial charge in [0.15, 0.2) is 0 Å². The van der Waals surface area contributed by atoms with E-state index in [1.165, 1.54) is 19.3 Å². The average molecular weight is 1310 g/mol. The molecule has 4 aliphatic rings. The molecule has 11 rings (SSSR count). The molecule has 0 amide bonds. The Morgan fingerprint density at radius 1 is 0.474 bits per heavy atom. The Hall–Kier alpha value is -6.10. The monoisotopic (exact) mass is 1310 g/mol. The summed E-state index contributed by atoms with van der Waals surface area (Å²) in [7, 11) is 5.51. The van der Waals surface area contributed by atoms with Crippen LogP contribution in [0.1, 0.15) is 153 Å². The van der Waals surface area contributed by atoms with Gasteiger partial charge in [-0.3, -0.25) is 4.90 Å². The molecule has 11 N–H and O–H groups in total. The minimum absolute atomic E-state index is 0.141. The van der Waals surface area contributed by atoms with Gasteiger partial charge in [0.05, 0.1) is 38.1 Å². The number of ether oxygens (including phenoxy) is 3. The van der Waals surface area contributed by atoms with E-state index in [1.54, 1.807) is 31.4 Å². The van der Waals surface area contributed by atoms with Crippen LogP contribution in [0, 0.1) is 31.6 Å². The number of methoxy groups -OCH3 is 1. The molecule has 7 aromatic carbocycles. The van der Waals surface area contributed by atoms with Gasteiger partial charge in [0.1, 0.15) is 54.9 Å². The molecule has 3 aliphatic heterocycles. The van der Waals surface area contributed by atoms with Crippen molar-refractivity contribution in [3.8, 4) is 0 Å².